The van der Waals surface area contributed by atoms with E-state index in [9.17, 15) is 13.6 Å². The quantitative estimate of drug-likeness (QED) is 0.202. The first kappa shape index (κ1) is 30.4. The predicted octanol–water partition coefficient (Wildman–Crippen LogP) is 6.16. The number of halogens is 3. The number of aromatic nitrogens is 2. The monoisotopic (exact) mass is 630 g/mol. The Morgan fingerprint density at radius 3 is 2.47 bits per heavy atom. The molecule has 1 unspecified atom stereocenters. The fourth-order valence-corrected chi connectivity index (χ4v) is 5.99. The molecule has 12 heteroatoms. The molecule has 0 radical (unpaired) electrons. The van der Waals surface area contributed by atoms with Gasteiger partial charge >= 0.3 is 0 Å². The van der Waals surface area contributed by atoms with Crippen LogP contribution in [0, 0.1) is 17.0 Å². The van der Waals surface area contributed by atoms with Crippen LogP contribution in [-0.4, -0.2) is 83.4 Å². The van der Waals surface area contributed by atoms with Crippen LogP contribution in [0.5, 0.6) is 0 Å². The summed E-state index contributed by atoms with van der Waals surface area (Å²) in [6.45, 7) is 1.74. The van der Waals surface area contributed by atoms with Crippen molar-refractivity contribution in [1.82, 2.24) is 24.7 Å². The molecular weight excluding hydrogens is 598 g/mol. The second-order valence-electron chi connectivity index (χ2n) is 11.4. The number of hydrogen-bond donors (Lipinski definition) is 2. The van der Waals surface area contributed by atoms with Gasteiger partial charge < -0.3 is 20.0 Å². The van der Waals surface area contributed by atoms with E-state index in [0.717, 1.165) is 18.5 Å². The second-order valence-corrected chi connectivity index (χ2v) is 11.9. The number of carbonyl (C=O) groups is 1. The molecule has 3 heterocycles. The first-order valence-corrected chi connectivity index (χ1v) is 15.0. The summed E-state index contributed by atoms with van der Waals surface area (Å²) < 4.78 is 29.8. The van der Waals surface area contributed by atoms with E-state index in [1.807, 2.05) is 19.0 Å². The van der Waals surface area contributed by atoms with Crippen LogP contribution in [0.3, 0.4) is 0 Å². The highest BCUT2D eigenvalue weighted by Gasteiger charge is 2.30. The Kier molecular flexibility index (Phi) is 8.39. The smallest absolute Gasteiger partial charge is 0.260 e. The number of likely N-dealkylation sites (tertiary alicyclic amines) is 1. The number of benzene rings is 3. The molecule has 1 saturated heterocycles. The number of nitrogens with zero attached hydrogens (tertiary/aromatic N) is 6. The van der Waals surface area contributed by atoms with Crippen molar-refractivity contribution in [3.63, 3.8) is 0 Å². The molecule has 2 aliphatic heterocycles. The van der Waals surface area contributed by atoms with Gasteiger partial charge in [-0.3, -0.25) is 15.1 Å². The minimum absolute atomic E-state index is 0.145. The molecule has 2 aliphatic rings. The topological polar surface area (TPSA) is 91.7 Å². The zero-order chi connectivity index (χ0) is 31.8. The molecule has 1 fully saturated rings. The van der Waals surface area contributed by atoms with Crippen molar-refractivity contribution in [1.29, 1.82) is 5.41 Å². The van der Waals surface area contributed by atoms with Crippen LogP contribution in [0.4, 0.5) is 31.8 Å². The number of likely N-dealkylation sites (N-methyl/N-ethyl adjacent to an activating group) is 1. The van der Waals surface area contributed by atoms with E-state index in [1.54, 1.807) is 60.6 Å². The van der Waals surface area contributed by atoms with Gasteiger partial charge in [0.15, 0.2) is 0 Å². The van der Waals surface area contributed by atoms with Crippen molar-refractivity contribution < 1.29 is 13.6 Å². The van der Waals surface area contributed by atoms with Crippen molar-refractivity contribution in [2.45, 2.75) is 18.9 Å². The van der Waals surface area contributed by atoms with Crippen LogP contribution in [-0.2, 0) is 6.42 Å². The zero-order valence-electron chi connectivity index (χ0n) is 25.2. The first-order valence-electron chi connectivity index (χ1n) is 14.6. The summed E-state index contributed by atoms with van der Waals surface area (Å²) in [6.07, 6.45) is 3.11. The zero-order valence-corrected chi connectivity index (χ0v) is 25.9. The number of anilines is 4. The lowest BCUT2D eigenvalue weighted by molar-refractivity contribution is 0.0856. The molecule has 6 rings (SSSR count). The van der Waals surface area contributed by atoms with Gasteiger partial charge in [-0.05, 0) is 87.1 Å². The lowest BCUT2D eigenvalue weighted by Gasteiger charge is -2.27. The number of amides is 1. The van der Waals surface area contributed by atoms with Crippen molar-refractivity contribution in [2.24, 2.45) is 0 Å². The minimum atomic E-state index is -0.667. The number of nitrogens with one attached hydrogen (secondary N) is 2. The molecule has 9 nitrogen and oxygen atoms in total. The Morgan fingerprint density at radius 2 is 1.78 bits per heavy atom. The van der Waals surface area contributed by atoms with Gasteiger partial charge in [0.2, 0.25) is 11.9 Å². The summed E-state index contributed by atoms with van der Waals surface area (Å²) in [6, 6.07) is 16.3. The lowest BCUT2D eigenvalue weighted by atomic mass is 10.0. The third-order valence-corrected chi connectivity index (χ3v) is 8.62. The fourth-order valence-electron chi connectivity index (χ4n) is 5.83. The molecular formula is C33H33ClF2N8O. The van der Waals surface area contributed by atoms with Crippen LogP contribution in [0.15, 0.2) is 66.9 Å². The molecule has 1 atom stereocenters. The first-order chi connectivity index (χ1) is 21.6. The van der Waals surface area contributed by atoms with Gasteiger partial charge in [-0.2, -0.15) is 0 Å². The molecule has 4 aromatic rings. The Balaban J connectivity index is 1.21. The Labute approximate surface area is 265 Å². The molecule has 1 amide bonds. The number of hydrogen-bond acceptors (Lipinski definition) is 7. The molecule has 0 bridgehead atoms. The van der Waals surface area contributed by atoms with Crippen LogP contribution in [0.2, 0.25) is 5.02 Å². The number of carbonyl (C=O) groups excluding carboxylic acids is 1. The maximum atomic E-state index is 14.9. The number of fused-ring (bicyclic) bond motifs is 3. The fraction of sp³-hybridized carbons (Fsp3) is 0.273. The van der Waals surface area contributed by atoms with E-state index in [-0.39, 0.29) is 17.6 Å². The van der Waals surface area contributed by atoms with E-state index >= 15 is 0 Å². The molecule has 0 saturated carbocycles. The van der Waals surface area contributed by atoms with E-state index in [0.29, 0.717) is 64.7 Å². The summed E-state index contributed by atoms with van der Waals surface area (Å²) in [5.41, 5.74) is 3.63. The van der Waals surface area contributed by atoms with Gasteiger partial charge in [-0.25, -0.2) is 18.7 Å². The van der Waals surface area contributed by atoms with Gasteiger partial charge in [0.05, 0.1) is 11.4 Å². The van der Waals surface area contributed by atoms with Crippen molar-refractivity contribution >= 4 is 46.5 Å². The number of para-hydroxylation sites is 1. The van der Waals surface area contributed by atoms with Gasteiger partial charge in [0, 0.05) is 60.8 Å². The van der Waals surface area contributed by atoms with E-state index < -0.39 is 11.6 Å². The third kappa shape index (κ3) is 6.05. The van der Waals surface area contributed by atoms with Crippen molar-refractivity contribution in [2.75, 3.05) is 51.0 Å². The molecule has 3 aromatic carbocycles. The summed E-state index contributed by atoms with van der Waals surface area (Å²) >= 11 is 6.35. The van der Waals surface area contributed by atoms with Crippen molar-refractivity contribution in [3.8, 4) is 11.3 Å². The third-order valence-electron chi connectivity index (χ3n) is 8.39. The van der Waals surface area contributed by atoms with Crippen LogP contribution in [0.25, 0.3) is 11.3 Å². The molecule has 0 aliphatic carbocycles. The largest absolute Gasteiger partial charge is 0.341 e. The highest BCUT2D eigenvalue weighted by Crippen LogP contribution is 2.42. The van der Waals surface area contributed by atoms with Crippen LogP contribution >= 0.6 is 11.6 Å². The van der Waals surface area contributed by atoms with E-state index in [1.165, 1.54) is 23.1 Å². The van der Waals surface area contributed by atoms with Gasteiger partial charge in [-0.15, -0.1) is 0 Å². The molecule has 0 spiro atoms. The summed E-state index contributed by atoms with van der Waals surface area (Å²) in [7, 11) is 5.67. The van der Waals surface area contributed by atoms with Crippen molar-refractivity contribution in [3.05, 3.63) is 94.6 Å². The molecule has 1 aromatic heterocycles. The van der Waals surface area contributed by atoms with E-state index in [4.69, 9.17) is 22.0 Å². The number of guanidine groups is 1. The van der Waals surface area contributed by atoms with Crippen LogP contribution < -0.4 is 10.2 Å². The Morgan fingerprint density at radius 1 is 1.04 bits per heavy atom. The summed E-state index contributed by atoms with van der Waals surface area (Å²) in [5.74, 6) is -1.10. The molecule has 2 N–H and O–H groups in total. The van der Waals surface area contributed by atoms with Gasteiger partial charge in [0.1, 0.15) is 17.3 Å². The highest BCUT2D eigenvalue weighted by molar-refractivity contribution is 6.31. The summed E-state index contributed by atoms with van der Waals surface area (Å²) in [5, 5.41) is 12.2. The lowest BCUT2D eigenvalue weighted by Crippen LogP contribution is -2.44. The minimum Gasteiger partial charge on any atom is -0.341 e. The maximum absolute atomic E-state index is 14.9. The Hall–Kier alpha value is -4.61. The second kappa shape index (κ2) is 12.4. The standard InChI is InChI=1S/C33H33ClF2N8O/c1-41(2)24-14-15-43(19-24)32(37)42(3)31(45)20-7-10-23(11-8-20)39-33-38-18-21-13-16-44(30-26(35)5-4-6-27(30)36)28-17-22(34)9-12-25(28)29(21)40-33/h4-12,17-18,24,37H,13-16,19H2,1-3H3,(H,38,39,40). The molecule has 232 valence electrons. The molecule has 45 heavy (non-hydrogen) atoms. The average molecular weight is 631 g/mol. The highest BCUT2D eigenvalue weighted by atomic mass is 35.5. The SMILES string of the molecule is CN(C(=N)N1CCC(N(C)C)C1)C(=O)c1ccc(Nc2ncc3c(n2)-c2ccc(Cl)cc2N(c2c(F)cccc2F)CC3)cc1. The summed E-state index contributed by atoms with van der Waals surface area (Å²) in [4.78, 5) is 29.5. The number of rotatable bonds is 5. The average Bonchev–Trinajstić information content (AvgIpc) is 3.48. The normalized spacial score (nSPS) is 15.8. The van der Waals surface area contributed by atoms with Gasteiger partial charge in [0.25, 0.3) is 5.91 Å². The predicted molar refractivity (Wildman–Crippen MR) is 173 cm³/mol. The van der Waals surface area contributed by atoms with Crippen LogP contribution in [0.1, 0.15) is 22.3 Å². The van der Waals surface area contributed by atoms with Gasteiger partial charge in [-0.1, -0.05) is 17.7 Å². The Bertz CT molecular complexity index is 1750. The maximum Gasteiger partial charge on any atom is 0.260 e. The van der Waals surface area contributed by atoms with E-state index in [2.05, 4.69) is 15.2 Å².